The first kappa shape index (κ1) is 16.5. The molecule has 1 aromatic carbocycles. The van der Waals surface area contributed by atoms with E-state index in [-0.39, 0.29) is 5.91 Å². The topological polar surface area (TPSA) is 56.1 Å². The lowest BCUT2D eigenvalue weighted by Gasteiger charge is -2.34. The number of carbonyl (C=O) groups is 1. The van der Waals surface area contributed by atoms with Crippen LogP contribution in [-0.2, 0) is 0 Å². The summed E-state index contributed by atoms with van der Waals surface area (Å²) in [6.07, 6.45) is 2.28. The Bertz CT molecular complexity index is 540. The number of nitriles is 1. The van der Waals surface area contributed by atoms with Crippen LogP contribution in [0.15, 0.2) is 24.3 Å². The molecule has 0 radical (unpaired) electrons. The van der Waals surface area contributed by atoms with Gasteiger partial charge in [0.1, 0.15) is 0 Å². The predicted molar refractivity (Wildman–Crippen MR) is 87.5 cm³/mol. The summed E-state index contributed by atoms with van der Waals surface area (Å²) >= 11 is 0. The fourth-order valence-corrected chi connectivity index (χ4v) is 3.31. The zero-order valence-electron chi connectivity index (χ0n) is 13.5. The number of amides is 1. The van der Waals surface area contributed by atoms with E-state index in [4.69, 9.17) is 5.26 Å². The summed E-state index contributed by atoms with van der Waals surface area (Å²) in [4.78, 5) is 14.5. The molecule has 1 aliphatic heterocycles. The van der Waals surface area contributed by atoms with Gasteiger partial charge in [-0.3, -0.25) is 4.79 Å². The second-order valence-electron chi connectivity index (χ2n) is 6.51. The minimum atomic E-state index is -0.0996. The van der Waals surface area contributed by atoms with Gasteiger partial charge in [-0.15, -0.1) is 0 Å². The third kappa shape index (κ3) is 4.85. The van der Waals surface area contributed by atoms with Gasteiger partial charge in [-0.2, -0.15) is 5.26 Å². The van der Waals surface area contributed by atoms with Crippen LogP contribution in [-0.4, -0.2) is 37.0 Å². The third-order valence-corrected chi connectivity index (χ3v) is 4.14. The van der Waals surface area contributed by atoms with E-state index in [0.29, 0.717) is 17.7 Å². The molecule has 0 unspecified atom stereocenters. The van der Waals surface area contributed by atoms with E-state index < -0.39 is 0 Å². The zero-order chi connectivity index (χ0) is 15.9. The van der Waals surface area contributed by atoms with Crippen LogP contribution >= 0.6 is 0 Å². The molecule has 1 heterocycles. The Balaban J connectivity index is 1.72. The second-order valence-corrected chi connectivity index (χ2v) is 6.51. The highest BCUT2D eigenvalue weighted by molar-refractivity contribution is 5.94. The Morgan fingerprint density at radius 2 is 2.09 bits per heavy atom. The fraction of sp³-hybridized carbons (Fsp3) is 0.556. The normalized spacial score (nSPS) is 22.0. The molecular weight excluding hydrogens is 274 g/mol. The van der Waals surface area contributed by atoms with Gasteiger partial charge in [0.25, 0.3) is 5.91 Å². The monoisotopic (exact) mass is 299 g/mol. The molecule has 1 N–H and O–H groups in total. The SMILES string of the molecule is C[C@@H]1C[C@@H](C)CN(CCCNC(=O)c2cccc(C#N)c2)C1. The van der Waals surface area contributed by atoms with Gasteiger partial charge in [-0.1, -0.05) is 19.9 Å². The van der Waals surface area contributed by atoms with E-state index in [1.807, 2.05) is 0 Å². The summed E-state index contributed by atoms with van der Waals surface area (Å²) in [7, 11) is 0. The molecule has 1 amide bonds. The molecule has 0 saturated carbocycles. The zero-order valence-corrected chi connectivity index (χ0v) is 13.5. The summed E-state index contributed by atoms with van der Waals surface area (Å²) in [5, 5.41) is 11.8. The number of hydrogen-bond donors (Lipinski definition) is 1. The van der Waals surface area contributed by atoms with Crippen molar-refractivity contribution in [1.82, 2.24) is 10.2 Å². The van der Waals surface area contributed by atoms with Gasteiger partial charge < -0.3 is 10.2 Å². The van der Waals surface area contributed by atoms with Crippen molar-refractivity contribution >= 4 is 5.91 Å². The van der Waals surface area contributed by atoms with Gasteiger partial charge in [-0.25, -0.2) is 0 Å². The highest BCUT2D eigenvalue weighted by atomic mass is 16.1. The Morgan fingerprint density at radius 1 is 1.36 bits per heavy atom. The van der Waals surface area contributed by atoms with Gasteiger partial charge >= 0.3 is 0 Å². The van der Waals surface area contributed by atoms with Crippen molar-refractivity contribution in [2.45, 2.75) is 26.7 Å². The van der Waals surface area contributed by atoms with E-state index >= 15 is 0 Å². The average molecular weight is 299 g/mol. The molecule has 0 spiro atoms. The van der Waals surface area contributed by atoms with Crippen molar-refractivity contribution in [3.8, 4) is 6.07 Å². The van der Waals surface area contributed by atoms with E-state index in [1.165, 1.54) is 19.5 Å². The molecule has 1 fully saturated rings. The average Bonchev–Trinajstić information content (AvgIpc) is 2.50. The summed E-state index contributed by atoms with van der Waals surface area (Å²) in [5.41, 5.74) is 1.07. The lowest BCUT2D eigenvalue weighted by Crippen LogP contribution is -2.40. The molecule has 0 bridgehead atoms. The quantitative estimate of drug-likeness (QED) is 0.850. The molecule has 0 aromatic heterocycles. The lowest BCUT2D eigenvalue weighted by molar-refractivity contribution is 0.0947. The summed E-state index contributed by atoms with van der Waals surface area (Å²) in [5.74, 6) is 1.44. The molecule has 1 saturated heterocycles. The van der Waals surface area contributed by atoms with E-state index in [0.717, 1.165) is 24.8 Å². The molecule has 22 heavy (non-hydrogen) atoms. The van der Waals surface area contributed by atoms with Crippen LogP contribution in [0.3, 0.4) is 0 Å². The number of piperidine rings is 1. The van der Waals surface area contributed by atoms with E-state index in [1.54, 1.807) is 24.3 Å². The van der Waals surface area contributed by atoms with Crippen molar-refractivity contribution in [2.75, 3.05) is 26.2 Å². The molecule has 0 aliphatic carbocycles. The molecule has 2 rings (SSSR count). The van der Waals surface area contributed by atoms with Crippen LogP contribution in [0.4, 0.5) is 0 Å². The molecule has 4 nitrogen and oxygen atoms in total. The van der Waals surface area contributed by atoms with Gasteiger partial charge in [0, 0.05) is 25.2 Å². The first-order valence-electron chi connectivity index (χ1n) is 8.09. The van der Waals surface area contributed by atoms with Crippen molar-refractivity contribution in [3.63, 3.8) is 0 Å². The van der Waals surface area contributed by atoms with Crippen molar-refractivity contribution in [2.24, 2.45) is 11.8 Å². The number of nitrogens with one attached hydrogen (secondary N) is 1. The second kappa shape index (κ2) is 7.95. The van der Waals surface area contributed by atoms with Crippen LogP contribution in [0.1, 0.15) is 42.6 Å². The molecular formula is C18H25N3O. The van der Waals surface area contributed by atoms with Gasteiger partial charge in [0.05, 0.1) is 11.6 Å². The van der Waals surface area contributed by atoms with Crippen molar-refractivity contribution in [1.29, 1.82) is 5.26 Å². The maximum atomic E-state index is 12.0. The highest BCUT2D eigenvalue weighted by Gasteiger charge is 2.21. The first-order valence-corrected chi connectivity index (χ1v) is 8.09. The van der Waals surface area contributed by atoms with Crippen LogP contribution < -0.4 is 5.32 Å². The number of carbonyl (C=O) groups excluding carboxylic acids is 1. The number of likely N-dealkylation sites (tertiary alicyclic amines) is 1. The molecule has 1 aromatic rings. The summed E-state index contributed by atoms with van der Waals surface area (Å²) in [6.45, 7) is 8.67. The minimum Gasteiger partial charge on any atom is -0.352 e. The minimum absolute atomic E-state index is 0.0996. The number of nitrogens with zero attached hydrogens (tertiary/aromatic N) is 2. The maximum absolute atomic E-state index is 12.0. The van der Waals surface area contributed by atoms with Crippen molar-refractivity contribution < 1.29 is 4.79 Å². The molecule has 4 heteroatoms. The first-order chi connectivity index (χ1) is 10.6. The maximum Gasteiger partial charge on any atom is 0.251 e. The Morgan fingerprint density at radius 3 is 2.77 bits per heavy atom. The number of hydrogen-bond acceptors (Lipinski definition) is 3. The smallest absolute Gasteiger partial charge is 0.251 e. The Kier molecular flexibility index (Phi) is 5.97. The fourth-order valence-electron chi connectivity index (χ4n) is 3.31. The number of rotatable bonds is 5. The van der Waals surface area contributed by atoms with Gasteiger partial charge in [0.15, 0.2) is 0 Å². The third-order valence-electron chi connectivity index (χ3n) is 4.14. The van der Waals surface area contributed by atoms with Crippen LogP contribution in [0.25, 0.3) is 0 Å². The largest absolute Gasteiger partial charge is 0.352 e. The van der Waals surface area contributed by atoms with Crippen LogP contribution in [0, 0.1) is 23.2 Å². The van der Waals surface area contributed by atoms with E-state index in [2.05, 4.69) is 30.1 Å². The summed E-state index contributed by atoms with van der Waals surface area (Å²) in [6, 6.07) is 8.87. The summed E-state index contributed by atoms with van der Waals surface area (Å²) < 4.78 is 0. The van der Waals surface area contributed by atoms with Gasteiger partial charge in [0.2, 0.25) is 0 Å². The Hall–Kier alpha value is -1.86. The predicted octanol–water partition coefficient (Wildman–Crippen LogP) is 2.66. The highest BCUT2D eigenvalue weighted by Crippen LogP contribution is 2.20. The molecule has 2 atom stereocenters. The lowest BCUT2D eigenvalue weighted by atomic mass is 9.92. The molecule has 1 aliphatic rings. The Labute approximate surface area is 133 Å². The van der Waals surface area contributed by atoms with Gasteiger partial charge in [-0.05, 0) is 49.4 Å². The van der Waals surface area contributed by atoms with Crippen LogP contribution in [0.5, 0.6) is 0 Å². The van der Waals surface area contributed by atoms with E-state index in [9.17, 15) is 4.79 Å². The number of benzene rings is 1. The standard InChI is InChI=1S/C18H25N3O/c1-14-9-15(2)13-21(12-14)8-4-7-20-18(22)17-6-3-5-16(10-17)11-19/h3,5-6,10,14-15H,4,7-9,12-13H2,1-2H3,(H,20,22)/t14-,15-/m1/s1. The van der Waals surface area contributed by atoms with Crippen LogP contribution in [0.2, 0.25) is 0 Å². The molecule has 118 valence electrons. The van der Waals surface area contributed by atoms with Crippen molar-refractivity contribution in [3.05, 3.63) is 35.4 Å².